The molecule has 8 nitrogen and oxygen atoms in total. The molecule has 1 aromatic heterocycles. The van der Waals surface area contributed by atoms with Gasteiger partial charge in [-0.3, -0.25) is 14.9 Å². The lowest BCUT2D eigenvalue weighted by Gasteiger charge is -2.08. The van der Waals surface area contributed by atoms with Crippen LogP contribution in [0.2, 0.25) is 5.02 Å². The number of para-hydroxylation sites is 2. The highest BCUT2D eigenvalue weighted by Crippen LogP contribution is 2.29. The van der Waals surface area contributed by atoms with Crippen molar-refractivity contribution in [2.45, 2.75) is 6.61 Å². The molecule has 3 aromatic rings. The summed E-state index contributed by atoms with van der Waals surface area (Å²) >= 11 is 5.77. The number of hydrogen-bond acceptors (Lipinski definition) is 6. The summed E-state index contributed by atoms with van der Waals surface area (Å²) in [6.07, 6.45) is 0. The van der Waals surface area contributed by atoms with E-state index >= 15 is 0 Å². The van der Waals surface area contributed by atoms with E-state index in [4.69, 9.17) is 25.5 Å². The van der Waals surface area contributed by atoms with Gasteiger partial charge in [0, 0.05) is 11.1 Å². The third kappa shape index (κ3) is 4.41. The number of nitrogens with zero attached hydrogens (tertiary/aromatic N) is 1. The molecule has 0 unspecified atom stereocenters. The number of halogens is 1. The van der Waals surface area contributed by atoms with Crippen LogP contribution in [-0.2, 0) is 6.61 Å². The second-order valence-corrected chi connectivity index (χ2v) is 6.01. The number of carbonyl (C=O) groups excluding carboxylic acids is 1. The quantitative estimate of drug-likeness (QED) is 0.454. The second kappa shape index (κ2) is 8.45. The maximum absolute atomic E-state index is 12.3. The smallest absolute Gasteiger partial charge is 0.294 e. The van der Waals surface area contributed by atoms with Gasteiger partial charge in [0.15, 0.2) is 17.3 Å². The van der Waals surface area contributed by atoms with Gasteiger partial charge in [-0.1, -0.05) is 23.7 Å². The number of furan rings is 1. The summed E-state index contributed by atoms with van der Waals surface area (Å²) in [5.74, 6) is 0.866. The van der Waals surface area contributed by atoms with E-state index in [1.54, 1.807) is 24.3 Å². The van der Waals surface area contributed by atoms with E-state index in [1.807, 2.05) is 6.07 Å². The van der Waals surface area contributed by atoms with Crippen LogP contribution in [0.25, 0.3) is 0 Å². The molecule has 1 amide bonds. The van der Waals surface area contributed by atoms with Crippen molar-refractivity contribution in [2.75, 3.05) is 12.4 Å². The number of nitro groups is 1. The molecule has 1 heterocycles. The van der Waals surface area contributed by atoms with Crippen LogP contribution >= 0.6 is 11.6 Å². The number of ether oxygens (including phenoxy) is 2. The molecule has 3 rings (SSSR count). The average molecular weight is 403 g/mol. The van der Waals surface area contributed by atoms with Gasteiger partial charge < -0.3 is 19.2 Å². The minimum atomic E-state index is -0.631. The Labute approximate surface area is 164 Å². The predicted octanol–water partition coefficient (Wildman–Crippen LogP) is 4.68. The van der Waals surface area contributed by atoms with Gasteiger partial charge in [-0.25, -0.2) is 0 Å². The van der Waals surface area contributed by atoms with Crippen molar-refractivity contribution in [3.8, 4) is 11.5 Å². The monoisotopic (exact) mass is 402 g/mol. The molecule has 2 aromatic carbocycles. The van der Waals surface area contributed by atoms with Crippen LogP contribution in [-0.4, -0.2) is 17.9 Å². The van der Waals surface area contributed by atoms with Gasteiger partial charge in [-0.15, -0.1) is 0 Å². The number of methoxy groups -OCH3 is 1. The molecule has 1 N–H and O–H groups in total. The number of amides is 1. The maximum atomic E-state index is 12.3. The van der Waals surface area contributed by atoms with Gasteiger partial charge >= 0.3 is 0 Å². The fourth-order valence-corrected chi connectivity index (χ4v) is 2.58. The number of carbonyl (C=O) groups is 1. The van der Waals surface area contributed by atoms with Crippen molar-refractivity contribution in [3.63, 3.8) is 0 Å². The second-order valence-electron chi connectivity index (χ2n) is 5.58. The van der Waals surface area contributed by atoms with Gasteiger partial charge in [0.25, 0.3) is 11.6 Å². The van der Waals surface area contributed by atoms with Crippen LogP contribution < -0.4 is 14.8 Å². The molecule has 0 radical (unpaired) electrons. The minimum Gasteiger partial charge on any atom is -0.493 e. The van der Waals surface area contributed by atoms with E-state index in [0.29, 0.717) is 17.3 Å². The van der Waals surface area contributed by atoms with Crippen LogP contribution in [0.1, 0.15) is 16.3 Å². The third-order valence-corrected chi connectivity index (χ3v) is 3.96. The van der Waals surface area contributed by atoms with Gasteiger partial charge in [0.2, 0.25) is 0 Å². The molecule has 0 saturated heterocycles. The zero-order valence-corrected chi connectivity index (χ0v) is 15.4. The van der Waals surface area contributed by atoms with Crippen LogP contribution in [0.5, 0.6) is 11.5 Å². The Morgan fingerprint density at radius 3 is 2.64 bits per heavy atom. The standard InChI is InChI=1S/C19H15ClN2O6/c1-26-16-4-2-3-5-17(16)27-11-13-7-9-18(28-13)19(23)21-14-8-6-12(20)10-15(14)22(24)25/h2-10H,11H2,1H3,(H,21,23). The van der Waals surface area contributed by atoms with Crippen molar-refractivity contribution in [3.05, 3.63) is 81.3 Å². The van der Waals surface area contributed by atoms with Crippen molar-refractivity contribution in [1.29, 1.82) is 0 Å². The molecule has 0 saturated carbocycles. The average Bonchev–Trinajstić information content (AvgIpc) is 3.17. The first-order valence-corrected chi connectivity index (χ1v) is 8.45. The Hall–Kier alpha value is -3.52. The van der Waals surface area contributed by atoms with Gasteiger partial charge in [-0.2, -0.15) is 0 Å². The molecule has 0 aliphatic rings. The van der Waals surface area contributed by atoms with Crippen LogP contribution in [0.3, 0.4) is 0 Å². The summed E-state index contributed by atoms with van der Waals surface area (Å²) in [5.41, 5.74) is -0.297. The molecule has 144 valence electrons. The fraction of sp³-hybridized carbons (Fsp3) is 0.105. The predicted molar refractivity (Wildman–Crippen MR) is 102 cm³/mol. The first kappa shape index (κ1) is 19.2. The Balaban J connectivity index is 1.68. The number of nitrogens with one attached hydrogen (secondary N) is 1. The lowest BCUT2D eigenvalue weighted by molar-refractivity contribution is -0.383. The minimum absolute atomic E-state index is 0.0112. The molecule has 0 fully saturated rings. The van der Waals surface area contributed by atoms with Gasteiger partial charge in [0.1, 0.15) is 18.1 Å². The zero-order chi connectivity index (χ0) is 20.1. The molecule has 28 heavy (non-hydrogen) atoms. The fourth-order valence-electron chi connectivity index (χ4n) is 2.41. The zero-order valence-electron chi connectivity index (χ0n) is 14.7. The molecule has 0 bridgehead atoms. The number of nitro benzene ring substituents is 1. The first-order valence-electron chi connectivity index (χ1n) is 8.07. The van der Waals surface area contributed by atoms with E-state index < -0.39 is 10.8 Å². The summed E-state index contributed by atoms with van der Waals surface area (Å²) in [5, 5.41) is 13.8. The number of hydrogen-bond donors (Lipinski definition) is 1. The summed E-state index contributed by atoms with van der Waals surface area (Å²) in [4.78, 5) is 22.8. The van der Waals surface area contributed by atoms with Crippen molar-refractivity contribution >= 4 is 28.9 Å². The lowest BCUT2D eigenvalue weighted by atomic mass is 10.2. The van der Waals surface area contributed by atoms with Crippen LogP contribution in [0, 0.1) is 10.1 Å². The highest BCUT2D eigenvalue weighted by Gasteiger charge is 2.19. The number of anilines is 1. The van der Waals surface area contributed by atoms with E-state index in [9.17, 15) is 14.9 Å². The van der Waals surface area contributed by atoms with E-state index in [0.717, 1.165) is 6.07 Å². The highest BCUT2D eigenvalue weighted by molar-refractivity contribution is 6.31. The summed E-state index contributed by atoms with van der Waals surface area (Å²) in [6.45, 7) is 0.0781. The largest absolute Gasteiger partial charge is 0.493 e. The van der Waals surface area contributed by atoms with E-state index in [-0.39, 0.29) is 28.8 Å². The van der Waals surface area contributed by atoms with Crippen molar-refractivity contribution < 1.29 is 23.6 Å². The normalized spacial score (nSPS) is 10.4. The summed E-state index contributed by atoms with van der Waals surface area (Å²) < 4.78 is 16.3. The Bertz CT molecular complexity index is 1020. The number of rotatable bonds is 7. The molecule has 0 atom stereocenters. The SMILES string of the molecule is COc1ccccc1OCc1ccc(C(=O)Nc2ccc(Cl)cc2[N+](=O)[O-])o1. The van der Waals surface area contributed by atoms with Crippen LogP contribution in [0.4, 0.5) is 11.4 Å². The van der Waals surface area contributed by atoms with Gasteiger partial charge in [0.05, 0.1) is 12.0 Å². The topological polar surface area (TPSA) is 104 Å². The highest BCUT2D eigenvalue weighted by atomic mass is 35.5. The molecule has 0 aliphatic heterocycles. The van der Waals surface area contributed by atoms with Crippen molar-refractivity contribution in [2.24, 2.45) is 0 Å². The molecule has 0 aliphatic carbocycles. The Morgan fingerprint density at radius 2 is 1.93 bits per heavy atom. The molecule has 0 spiro atoms. The first-order chi connectivity index (χ1) is 13.5. The Morgan fingerprint density at radius 1 is 1.18 bits per heavy atom. The third-order valence-electron chi connectivity index (χ3n) is 3.73. The lowest BCUT2D eigenvalue weighted by Crippen LogP contribution is -2.12. The summed E-state index contributed by atoms with van der Waals surface area (Å²) in [6, 6.07) is 14.1. The maximum Gasteiger partial charge on any atom is 0.294 e. The van der Waals surface area contributed by atoms with E-state index in [2.05, 4.69) is 5.32 Å². The Kier molecular flexibility index (Phi) is 5.81. The molecule has 9 heteroatoms. The summed E-state index contributed by atoms with van der Waals surface area (Å²) in [7, 11) is 1.54. The molecular formula is C19H15ClN2O6. The van der Waals surface area contributed by atoms with Crippen LogP contribution in [0.15, 0.2) is 59.0 Å². The number of benzene rings is 2. The molecular weight excluding hydrogens is 388 g/mol. The van der Waals surface area contributed by atoms with Gasteiger partial charge in [-0.05, 0) is 36.4 Å². The van der Waals surface area contributed by atoms with E-state index in [1.165, 1.54) is 25.3 Å². The van der Waals surface area contributed by atoms with Crippen molar-refractivity contribution in [1.82, 2.24) is 0 Å².